The number of anilines is 1. The first-order valence-corrected chi connectivity index (χ1v) is 12.7. The third kappa shape index (κ3) is 5.05. The van der Waals surface area contributed by atoms with Crippen molar-refractivity contribution < 1.29 is 13.2 Å². The Kier molecular flexibility index (Phi) is 6.84. The van der Waals surface area contributed by atoms with E-state index in [2.05, 4.69) is 4.90 Å². The molecule has 8 heteroatoms. The third-order valence-corrected chi connectivity index (χ3v) is 8.19. The molecule has 4 rings (SSSR count). The second-order valence-corrected chi connectivity index (χ2v) is 10.5. The van der Waals surface area contributed by atoms with Crippen molar-refractivity contribution in [3.63, 3.8) is 0 Å². The van der Waals surface area contributed by atoms with Gasteiger partial charge >= 0.3 is 0 Å². The highest BCUT2D eigenvalue weighted by Crippen LogP contribution is 2.23. The molecule has 0 N–H and O–H groups in total. The van der Waals surface area contributed by atoms with Crippen LogP contribution in [0.1, 0.15) is 36.0 Å². The van der Waals surface area contributed by atoms with E-state index < -0.39 is 10.0 Å². The van der Waals surface area contributed by atoms with Gasteiger partial charge in [0.15, 0.2) is 0 Å². The minimum absolute atomic E-state index is 0.0653. The number of benzene rings is 2. The Balaban J connectivity index is 1.39. The standard InChI is InChI=1S/C23H28ClN3O3S/c24-20-6-5-7-21(18-20)25-14-16-26(17-15-25)23(28)19-8-10-22(11-9-19)31(29,30)27-12-3-1-2-4-13-27/h5-11,18H,1-4,12-17H2. The number of piperazine rings is 1. The van der Waals surface area contributed by atoms with Gasteiger partial charge in [0.2, 0.25) is 10.0 Å². The monoisotopic (exact) mass is 461 g/mol. The highest BCUT2D eigenvalue weighted by molar-refractivity contribution is 7.89. The van der Waals surface area contributed by atoms with Crippen molar-refractivity contribution in [3.05, 3.63) is 59.1 Å². The van der Waals surface area contributed by atoms with E-state index in [9.17, 15) is 13.2 Å². The zero-order chi connectivity index (χ0) is 21.8. The van der Waals surface area contributed by atoms with E-state index in [1.165, 1.54) is 0 Å². The van der Waals surface area contributed by atoms with Crippen molar-refractivity contribution in [2.45, 2.75) is 30.6 Å². The second kappa shape index (κ2) is 9.59. The number of carbonyl (C=O) groups excluding carboxylic acids is 1. The van der Waals surface area contributed by atoms with E-state index in [-0.39, 0.29) is 10.8 Å². The van der Waals surface area contributed by atoms with Crippen molar-refractivity contribution in [1.82, 2.24) is 9.21 Å². The van der Waals surface area contributed by atoms with Crippen molar-refractivity contribution in [1.29, 1.82) is 0 Å². The summed E-state index contributed by atoms with van der Waals surface area (Å²) in [6.07, 6.45) is 3.95. The molecule has 0 unspecified atom stereocenters. The van der Waals surface area contributed by atoms with Gasteiger partial charge in [-0.25, -0.2) is 8.42 Å². The molecule has 31 heavy (non-hydrogen) atoms. The lowest BCUT2D eigenvalue weighted by atomic mass is 10.1. The molecule has 2 heterocycles. The first kappa shape index (κ1) is 22.1. The SMILES string of the molecule is O=C(c1ccc(S(=O)(=O)N2CCCCCC2)cc1)N1CCN(c2cccc(Cl)c2)CC1. The number of carbonyl (C=O) groups is 1. The summed E-state index contributed by atoms with van der Waals surface area (Å²) in [5.41, 5.74) is 1.58. The highest BCUT2D eigenvalue weighted by Gasteiger charge is 2.26. The summed E-state index contributed by atoms with van der Waals surface area (Å²) in [4.78, 5) is 17.2. The van der Waals surface area contributed by atoms with Crippen LogP contribution in [0.15, 0.2) is 53.4 Å². The zero-order valence-corrected chi connectivity index (χ0v) is 19.1. The fourth-order valence-electron chi connectivity index (χ4n) is 4.22. The van der Waals surface area contributed by atoms with Crippen molar-refractivity contribution in [2.24, 2.45) is 0 Å². The number of hydrogen-bond acceptors (Lipinski definition) is 4. The van der Waals surface area contributed by atoms with E-state index in [4.69, 9.17) is 11.6 Å². The van der Waals surface area contributed by atoms with Gasteiger partial charge in [0, 0.05) is 55.5 Å². The Bertz CT molecular complexity index is 1010. The summed E-state index contributed by atoms with van der Waals surface area (Å²) in [5.74, 6) is -0.0653. The minimum atomic E-state index is -3.50. The lowest BCUT2D eigenvalue weighted by molar-refractivity contribution is 0.0746. The molecule has 2 fully saturated rings. The van der Waals surface area contributed by atoms with Crippen LogP contribution in [0.4, 0.5) is 5.69 Å². The lowest BCUT2D eigenvalue weighted by Crippen LogP contribution is -2.48. The second-order valence-electron chi connectivity index (χ2n) is 8.10. The molecular formula is C23H28ClN3O3S. The van der Waals surface area contributed by atoms with Gasteiger partial charge in [-0.2, -0.15) is 4.31 Å². The normalized spacial score (nSPS) is 18.6. The molecule has 0 bridgehead atoms. The van der Waals surface area contributed by atoms with Gasteiger partial charge in [0.05, 0.1) is 4.90 Å². The first-order chi connectivity index (χ1) is 14.9. The molecule has 166 valence electrons. The Hall–Kier alpha value is -2.09. The topological polar surface area (TPSA) is 60.9 Å². The number of rotatable bonds is 4. The van der Waals surface area contributed by atoms with Crippen molar-refractivity contribution >= 4 is 33.2 Å². The van der Waals surface area contributed by atoms with E-state index in [0.29, 0.717) is 36.8 Å². The molecule has 0 atom stereocenters. The van der Waals surface area contributed by atoms with Crippen LogP contribution in [0.3, 0.4) is 0 Å². The fourth-order valence-corrected chi connectivity index (χ4v) is 5.93. The molecule has 0 aliphatic carbocycles. The van der Waals surface area contributed by atoms with Gasteiger partial charge in [-0.1, -0.05) is 30.5 Å². The number of amides is 1. The number of halogens is 1. The van der Waals surface area contributed by atoms with Gasteiger partial charge in [0.1, 0.15) is 0 Å². The number of nitrogens with zero attached hydrogens (tertiary/aromatic N) is 3. The molecule has 1 amide bonds. The Labute approximate surface area is 189 Å². The summed E-state index contributed by atoms with van der Waals surface area (Å²) in [6.45, 7) is 3.82. The van der Waals surface area contributed by atoms with Crippen LogP contribution >= 0.6 is 11.6 Å². The summed E-state index contributed by atoms with van der Waals surface area (Å²) >= 11 is 6.09. The molecule has 2 aliphatic heterocycles. The fraction of sp³-hybridized carbons (Fsp3) is 0.435. The van der Waals surface area contributed by atoms with Crippen LogP contribution in [-0.4, -0.2) is 62.8 Å². The maximum Gasteiger partial charge on any atom is 0.253 e. The van der Waals surface area contributed by atoms with Gasteiger partial charge < -0.3 is 9.80 Å². The van der Waals surface area contributed by atoms with Gasteiger partial charge in [-0.05, 0) is 55.3 Å². The van der Waals surface area contributed by atoms with Crippen LogP contribution in [0.5, 0.6) is 0 Å². The largest absolute Gasteiger partial charge is 0.368 e. The average Bonchev–Trinajstić information content (AvgIpc) is 3.09. The predicted molar refractivity (Wildman–Crippen MR) is 123 cm³/mol. The van der Waals surface area contributed by atoms with E-state index in [0.717, 1.165) is 44.5 Å². The Morgan fingerprint density at radius 2 is 1.45 bits per heavy atom. The molecule has 2 aliphatic rings. The van der Waals surface area contributed by atoms with Crippen LogP contribution < -0.4 is 4.90 Å². The molecule has 0 aromatic heterocycles. The zero-order valence-electron chi connectivity index (χ0n) is 17.5. The lowest BCUT2D eigenvalue weighted by Gasteiger charge is -2.36. The summed E-state index contributed by atoms with van der Waals surface area (Å²) < 4.78 is 27.4. The van der Waals surface area contributed by atoms with Crippen LogP contribution in [0.2, 0.25) is 5.02 Å². The van der Waals surface area contributed by atoms with E-state index in [1.54, 1.807) is 28.6 Å². The molecule has 2 saturated heterocycles. The molecule has 0 saturated carbocycles. The smallest absolute Gasteiger partial charge is 0.253 e. The molecule has 2 aromatic rings. The quantitative estimate of drug-likeness (QED) is 0.693. The summed E-state index contributed by atoms with van der Waals surface area (Å²) in [6, 6.07) is 14.1. The van der Waals surface area contributed by atoms with Gasteiger partial charge in [-0.15, -0.1) is 0 Å². The summed E-state index contributed by atoms with van der Waals surface area (Å²) in [5, 5.41) is 0.700. The minimum Gasteiger partial charge on any atom is -0.368 e. The van der Waals surface area contributed by atoms with E-state index in [1.807, 2.05) is 29.2 Å². The molecule has 2 aromatic carbocycles. The van der Waals surface area contributed by atoms with Gasteiger partial charge in [-0.3, -0.25) is 4.79 Å². The molecule has 6 nitrogen and oxygen atoms in total. The molecule has 0 radical (unpaired) electrons. The highest BCUT2D eigenvalue weighted by atomic mass is 35.5. The third-order valence-electron chi connectivity index (χ3n) is 6.04. The maximum atomic E-state index is 12.9. The van der Waals surface area contributed by atoms with Crippen LogP contribution in [0.25, 0.3) is 0 Å². The maximum absolute atomic E-state index is 12.9. The van der Waals surface area contributed by atoms with Crippen molar-refractivity contribution in [3.8, 4) is 0 Å². The number of sulfonamides is 1. The molecule has 0 spiro atoms. The van der Waals surface area contributed by atoms with E-state index >= 15 is 0 Å². The average molecular weight is 462 g/mol. The van der Waals surface area contributed by atoms with Gasteiger partial charge in [0.25, 0.3) is 5.91 Å². The van der Waals surface area contributed by atoms with Crippen LogP contribution in [-0.2, 0) is 10.0 Å². The predicted octanol–water partition coefficient (Wildman–Crippen LogP) is 3.87. The Morgan fingerprint density at radius 1 is 0.806 bits per heavy atom. The summed E-state index contributed by atoms with van der Waals surface area (Å²) in [7, 11) is -3.50. The Morgan fingerprint density at radius 3 is 2.06 bits per heavy atom. The number of hydrogen-bond donors (Lipinski definition) is 0. The molecular weight excluding hydrogens is 434 g/mol. The first-order valence-electron chi connectivity index (χ1n) is 10.9. The van der Waals surface area contributed by atoms with Crippen molar-refractivity contribution in [2.75, 3.05) is 44.2 Å². The van der Waals surface area contributed by atoms with Crippen LogP contribution in [0, 0.1) is 0 Å².